The van der Waals surface area contributed by atoms with Gasteiger partial charge in [0, 0.05) is 38.6 Å². The molecule has 4 nitrogen and oxygen atoms in total. The molecule has 0 rings (SSSR count). The molecule has 0 bridgehead atoms. The minimum absolute atomic E-state index is 0. The fourth-order valence-electron chi connectivity index (χ4n) is 0. The van der Waals surface area contributed by atoms with Gasteiger partial charge in [-0.3, -0.25) is 4.55 Å². The van der Waals surface area contributed by atoms with Gasteiger partial charge in [0.25, 0.3) is 0 Å². The standard InChI is InChI=1S/H2O4S.Tb/c1-5(2,3)4;/h(H2,1,2,3,4);/p-1. The van der Waals surface area contributed by atoms with Crippen LogP contribution in [0.15, 0.2) is 0 Å². The summed E-state index contributed by atoms with van der Waals surface area (Å²) in [4.78, 5) is 0. The Kier molecular flexibility index (Phi) is 5.43. The van der Waals surface area contributed by atoms with Crippen molar-refractivity contribution >= 4 is 10.4 Å². The van der Waals surface area contributed by atoms with E-state index in [9.17, 15) is 0 Å². The maximum atomic E-state index is 8.63. The summed E-state index contributed by atoms with van der Waals surface area (Å²) in [5.41, 5.74) is 0. The third kappa shape index (κ3) is 66.7. The minimum atomic E-state index is -4.92. The molecule has 0 aromatic heterocycles. The second-order valence-electron chi connectivity index (χ2n) is 0.428. The van der Waals surface area contributed by atoms with Gasteiger partial charge in [-0.1, -0.05) is 0 Å². The van der Waals surface area contributed by atoms with E-state index in [4.69, 9.17) is 17.5 Å². The largest absolute Gasteiger partial charge is 0.726 e. The molecule has 0 saturated heterocycles. The molecule has 0 unspecified atom stereocenters. The van der Waals surface area contributed by atoms with E-state index in [0.717, 1.165) is 0 Å². The molecule has 0 fully saturated rings. The maximum absolute atomic E-state index is 8.63. The fraction of sp³-hybridized carbons (Fsp3) is 0. The summed E-state index contributed by atoms with van der Waals surface area (Å²) < 4.78 is 32.8. The number of hydrogen-bond donors (Lipinski definition) is 1. The van der Waals surface area contributed by atoms with Crippen molar-refractivity contribution in [2.24, 2.45) is 0 Å². The van der Waals surface area contributed by atoms with Gasteiger partial charge < -0.3 is 4.55 Å². The summed E-state index contributed by atoms with van der Waals surface area (Å²) in [6.45, 7) is 0. The maximum Gasteiger partial charge on any atom is 0.215 e. The zero-order chi connectivity index (χ0) is 4.50. The second-order valence-corrected chi connectivity index (χ2v) is 1.28. The summed E-state index contributed by atoms with van der Waals surface area (Å²) in [6, 6.07) is 0. The smallest absolute Gasteiger partial charge is 0.215 e. The molecule has 0 aromatic carbocycles. The third-order valence-electron chi connectivity index (χ3n) is 0. The Morgan fingerprint density at radius 2 is 1.50 bits per heavy atom. The first-order valence-corrected chi connectivity index (χ1v) is 2.05. The van der Waals surface area contributed by atoms with Crippen molar-refractivity contribution in [1.29, 1.82) is 0 Å². The van der Waals surface area contributed by atoms with E-state index in [1.165, 1.54) is 0 Å². The quantitative estimate of drug-likeness (QED) is 0.445. The molecular formula is HO4STb-. The predicted molar refractivity (Wildman–Crippen MR) is 12.3 cm³/mol. The molecule has 1 N–H and O–H groups in total. The van der Waals surface area contributed by atoms with Crippen LogP contribution in [-0.2, 0) is 10.4 Å². The molecule has 6 heteroatoms. The van der Waals surface area contributed by atoms with Gasteiger partial charge in [0.05, 0.1) is 0 Å². The van der Waals surface area contributed by atoms with Crippen molar-refractivity contribution < 1.29 is 56.1 Å². The van der Waals surface area contributed by atoms with Crippen LogP contribution in [0.5, 0.6) is 0 Å². The van der Waals surface area contributed by atoms with Gasteiger partial charge in [0.15, 0.2) is 0 Å². The topological polar surface area (TPSA) is 77.4 Å². The average Bonchev–Trinajstić information content (AvgIpc) is 0.722. The van der Waals surface area contributed by atoms with E-state index >= 15 is 0 Å². The van der Waals surface area contributed by atoms with E-state index in [2.05, 4.69) is 0 Å². The van der Waals surface area contributed by atoms with E-state index < -0.39 is 10.4 Å². The molecule has 0 aliphatic carbocycles. The Balaban J connectivity index is 0. The molecule has 1 radical (unpaired) electrons. The van der Waals surface area contributed by atoms with E-state index in [1.54, 1.807) is 0 Å². The molecule has 0 spiro atoms. The SMILES string of the molecule is O=S(=O)([O-])O.[Tb]. The second kappa shape index (κ2) is 3.20. The Hall–Kier alpha value is 1.16. The monoisotopic (exact) mass is 256 g/mol. The molecule has 41 valence electrons. The summed E-state index contributed by atoms with van der Waals surface area (Å²) in [5, 5.41) is 0. The van der Waals surface area contributed by atoms with Crippen LogP contribution in [-0.4, -0.2) is 17.5 Å². The van der Waals surface area contributed by atoms with Crippen LogP contribution in [0.4, 0.5) is 0 Å². The zero-order valence-electron chi connectivity index (χ0n) is 2.41. The molecule has 0 aromatic rings. The Morgan fingerprint density at radius 3 is 1.50 bits per heavy atom. The van der Waals surface area contributed by atoms with E-state index in [1.807, 2.05) is 0 Å². The molecule has 0 heterocycles. The molecule has 0 amide bonds. The normalized spacial score (nSPS) is 9.67. The average molecular weight is 256 g/mol. The molecule has 0 atom stereocenters. The van der Waals surface area contributed by atoms with Crippen LogP contribution in [0.2, 0.25) is 0 Å². The first kappa shape index (κ1) is 10.2. The third-order valence-corrected chi connectivity index (χ3v) is 0. The molecule has 0 saturated carbocycles. The van der Waals surface area contributed by atoms with Crippen LogP contribution < -0.4 is 0 Å². The van der Waals surface area contributed by atoms with E-state index in [-0.39, 0.29) is 38.6 Å². The first-order chi connectivity index (χ1) is 2.00. The zero-order valence-corrected chi connectivity index (χ0v) is 5.37. The van der Waals surface area contributed by atoms with Gasteiger partial charge in [-0.2, -0.15) is 0 Å². The van der Waals surface area contributed by atoms with Gasteiger partial charge >= 0.3 is 0 Å². The van der Waals surface area contributed by atoms with Crippen LogP contribution in [0.25, 0.3) is 0 Å². The van der Waals surface area contributed by atoms with Gasteiger partial charge in [0.1, 0.15) is 0 Å². The number of rotatable bonds is 0. The molecular weight excluding hydrogens is 255 g/mol. The number of hydrogen-bond acceptors (Lipinski definition) is 3. The Labute approximate surface area is 65.9 Å². The first-order valence-electron chi connectivity index (χ1n) is 0.683. The Bertz CT molecular complexity index is 90.7. The van der Waals surface area contributed by atoms with Crippen molar-refractivity contribution in [3.8, 4) is 0 Å². The van der Waals surface area contributed by atoms with E-state index in [0.29, 0.717) is 0 Å². The van der Waals surface area contributed by atoms with Crippen molar-refractivity contribution in [2.45, 2.75) is 0 Å². The molecule has 0 aliphatic rings. The van der Waals surface area contributed by atoms with Crippen molar-refractivity contribution in [3.63, 3.8) is 0 Å². The van der Waals surface area contributed by atoms with Gasteiger partial charge in [0.2, 0.25) is 10.4 Å². The van der Waals surface area contributed by atoms with Crippen LogP contribution in [0.1, 0.15) is 0 Å². The van der Waals surface area contributed by atoms with Crippen LogP contribution in [0, 0.1) is 38.6 Å². The van der Waals surface area contributed by atoms with Crippen molar-refractivity contribution in [1.82, 2.24) is 0 Å². The van der Waals surface area contributed by atoms with Crippen LogP contribution in [0.3, 0.4) is 0 Å². The van der Waals surface area contributed by atoms with Gasteiger partial charge in [-0.15, -0.1) is 0 Å². The Morgan fingerprint density at radius 1 is 1.50 bits per heavy atom. The van der Waals surface area contributed by atoms with Crippen LogP contribution >= 0.6 is 0 Å². The van der Waals surface area contributed by atoms with Crippen molar-refractivity contribution in [2.75, 3.05) is 0 Å². The summed E-state index contributed by atoms with van der Waals surface area (Å²) in [5.74, 6) is 0. The van der Waals surface area contributed by atoms with Crippen molar-refractivity contribution in [3.05, 3.63) is 0 Å². The molecule has 0 aliphatic heterocycles. The van der Waals surface area contributed by atoms with Gasteiger partial charge in [-0.05, 0) is 0 Å². The summed E-state index contributed by atoms with van der Waals surface area (Å²) >= 11 is 0. The predicted octanol–water partition coefficient (Wildman–Crippen LogP) is -0.995. The molecule has 6 heavy (non-hydrogen) atoms. The summed E-state index contributed by atoms with van der Waals surface area (Å²) in [6.07, 6.45) is 0. The van der Waals surface area contributed by atoms with Gasteiger partial charge in [-0.25, -0.2) is 8.42 Å². The summed E-state index contributed by atoms with van der Waals surface area (Å²) in [7, 11) is -4.92. The fourth-order valence-corrected chi connectivity index (χ4v) is 0. The minimum Gasteiger partial charge on any atom is -0.726 e.